The monoisotopic (exact) mass is 269 g/mol. The molecule has 0 bridgehead atoms. The van der Waals surface area contributed by atoms with Crippen LogP contribution >= 0.6 is 0 Å². The second-order valence-electron chi connectivity index (χ2n) is 4.84. The van der Waals surface area contributed by atoms with E-state index < -0.39 is 0 Å². The summed E-state index contributed by atoms with van der Waals surface area (Å²) in [6.07, 6.45) is 0.601. The van der Waals surface area contributed by atoms with Crippen molar-refractivity contribution in [3.8, 4) is 11.8 Å². The van der Waals surface area contributed by atoms with Gasteiger partial charge in [0.05, 0.1) is 0 Å². The molecule has 0 aromatic heterocycles. The number of rotatable bonds is 3. The SMILES string of the molecule is CN1CCN(c2ccc(C#CCCN=[N+]=[N-])cc2)CC1. The second kappa shape index (κ2) is 7.44. The van der Waals surface area contributed by atoms with Crippen molar-refractivity contribution < 1.29 is 0 Å². The van der Waals surface area contributed by atoms with Crippen molar-refractivity contribution in [1.82, 2.24) is 4.90 Å². The lowest BCUT2D eigenvalue weighted by Crippen LogP contribution is -2.44. The van der Waals surface area contributed by atoms with Gasteiger partial charge < -0.3 is 9.80 Å². The van der Waals surface area contributed by atoms with Crippen LogP contribution in [0, 0.1) is 11.8 Å². The largest absolute Gasteiger partial charge is 0.369 e. The summed E-state index contributed by atoms with van der Waals surface area (Å²) in [4.78, 5) is 7.45. The van der Waals surface area contributed by atoms with Gasteiger partial charge >= 0.3 is 0 Å². The van der Waals surface area contributed by atoms with Crippen LogP contribution in [0.25, 0.3) is 10.4 Å². The molecule has 1 aromatic carbocycles. The topological polar surface area (TPSA) is 55.2 Å². The van der Waals surface area contributed by atoms with E-state index in [4.69, 9.17) is 5.53 Å². The molecule has 5 heteroatoms. The first kappa shape index (κ1) is 14.3. The van der Waals surface area contributed by atoms with E-state index in [9.17, 15) is 0 Å². The highest BCUT2D eigenvalue weighted by atomic mass is 15.2. The van der Waals surface area contributed by atoms with Gasteiger partial charge in [0.2, 0.25) is 0 Å². The Morgan fingerprint density at radius 1 is 1.20 bits per heavy atom. The van der Waals surface area contributed by atoms with Gasteiger partial charge in [-0.25, -0.2) is 0 Å². The van der Waals surface area contributed by atoms with Gasteiger partial charge in [0.1, 0.15) is 0 Å². The highest BCUT2D eigenvalue weighted by molar-refractivity contribution is 5.50. The molecule has 1 fully saturated rings. The quantitative estimate of drug-likeness (QED) is 0.278. The van der Waals surface area contributed by atoms with E-state index in [1.165, 1.54) is 5.69 Å². The van der Waals surface area contributed by atoms with Gasteiger partial charge in [-0.1, -0.05) is 17.0 Å². The molecular weight excluding hydrogens is 250 g/mol. The van der Waals surface area contributed by atoms with E-state index in [0.29, 0.717) is 13.0 Å². The predicted octanol–water partition coefficient (Wildman–Crippen LogP) is 2.49. The molecular formula is C15H19N5. The third-order valence-corrected chi connectivity index (χ3v) is 3.37. The molecule has 1 aliphatic rings. The Morgan fingerprint density at radius 3 is 2.55 bits per heavy atom. The van der Waals surface area contributed by atoms with Crippen LogP contribution in [0.15, 0.2) is 29.4 Å². The molecule has 0 aliphatic carbocycles. The summed E-state index contributed by atoms with van der Waals surface area (Å²) in [6, 6.07) is 8.36. The van der Waals surface area contributed by atoms with Crippen LogP contribution in [0.4, 0.5) is 5.69 Å². The predicted molar refractivity (Wildman–Crippen MR) is 81.7 cm³/mol. The molecule has 0 spiro atoms. The van der Waals surface area contributed by atoms with Crippen LogP contribution in [0.1, 0.15) is 12.0 Å². The Hall–Kier alpha value is -2.15. The molecule has 1 saturated heterocycles. The highest BCUT2D eigenvalue weighted by Crippen LogP contribution is 2.16. The summed E-state index contributed by atoms with van der Waals surface area (Å²) < 4.78 is 0. The number of benzene rings is 1. The smallest absolute Gasteiger partial charge is 0.0367 e. The number of likely N-dealkylation sites (N-methyl/N-ethyl adjacent to an activating group) is 1. The van der Waals surface area contributed by atoms with E-state index in [1.807, 2.05) is 12.1 Å². The molecule has 0 saturated carbocycles. The molecule has 0 radical (unpaired) electrons. The first-order chi connectivity index (χ1) is 9.79. The Kier molecular flexibility index (Phi) is 5.31. The zero-order chi connectivity index (χ0) is 14.2. The molecule has 5 nitrogen and oxygen atoms in total. The highest BCUT2D eigenvalue weighted by Gasteiger charge is 2.13. The van der Waals surface area contributed by atoms with Crippen molar-refractivity contribution in [2.24, 2.45) is 5.11 Å². The van der Waals surface area contributed by atoms with Crippen molar-refractivity contribution in [2.75, 3.05) is 44.7 Å². The van der Waals surface area contributed by atoms with Crippen molar-refractivity contribution in [3.63, 3.8) is 0 Å². The minimum Gasteiger partial charge on any atom is -0.369 e. The Labute approximate surface area is 119 Å². The lowest BCUT2D eigenvalue weighted by Gasteiger charge is -2.34. The zero-order valence-corrected chi connectivity index (χ0v) is 11.8. The summed E-state index contributed by atoms with van der Waals surface area (Å²) in [5, 5.41) is 3.45. The van der Waals surface area contributed by atoms with Gasteiger partial charge in [0.25, 0.3) is 0 Å². The van der Waals surface area contributed by atoms with Crippen LogP contribution < -0.4 is 4.90 Å². The molecule has 1 heterocycles. The summed E-state index contributed by atoms with van der Waals surface area (Å²) in [5.74, 6) is 6.09. The van der Waals surface area contributed by atoms with Crippen LogP contribution in [-0.2, 0) is 0 Å². The minimum atomic E-state index is 0.433. The molecule has 0 N–H and O–H groups in total. The number of hydrogen-bond acceptors (Lipinski definition) is 3. The molecule has 104 valence electrons. The van der Waals surface area contributed by atoms with Crippen molar-refractivity contribution in [3.05, 3.63) is 40.3 Å². The van der Waals surface area contributed by atoms with Crippen molar-refractivity contribution in [2.45, 2.75) is 6.42 Å². The molecule has 0 amide bonds. The van der Waals surface area contributed by atoms with Crippen molar-refractivity contribution in [1.29, 1.82) is 0 Å². The van der Waals surface area contributed by atoms with Gasteiger partial charge in [0.15, 0.2) is 0 Å². The summed E-state index contributed by atoms with van der Waals surface area (Å²) in [5.41, 5.74) is 10.4. The zero-order valence-electron chi connectivity index (χ0n) is 11.8. The molecule has 0 atom stereocenters. The fourth-order valence-electron chi connectivity index (χ4n) is 2.14. The first-order valence-electron chi connectivity index (χ1n) is 6.83. The number of nitrogens with zero attached hydrogens (tertiary/aromatic N) is 5. The normalized spacial score (nSPS) is 15.2. The van der Waals surface area contributed by atoms with E-state index in [1.54, 1.807) is 0 Å². The minimum absolute atomic E-state index is 0.433. The van der Waals surface area contributed by atoms with E-state index >= 15 is 0 Å². The Balaban J connectivity index is 1.91. The summed E-state index contributed by atoms with van der Waals surface area (Å²) in [7, 11) is 2.16. The lowest BCUT2D eigenvalue weighted by atomic mass is 10.2. The second-order valence-corrected chi connectivity index (χ2v) is 4.84. The van der Waals surface area contributed by atoms with Gasteiger partial charge in [-0.2, -0.15) is 0 Å². The van der Waals surface area contributed by atoms with E-state index in [0.717, 1.165) is 31.7 Å². The van der Waals surface area contributed by atoms with Gasteiger partial charge in [-0.05, 0) is 36.8 Å². The molecule has 1 aromatic rings. The van der Waals surface area contributed by atoms with E-state index in [2.05, 4.69) is 50.8 Å². The van der Waals surface area contributed by atoms with Crippen LogP contribution in [0.5, 0.6) is 0 Å². The van der Waals surface area contributed by atoms with Crippen LogP contribution in [0.3, 0.4) is 0 Å². The van der Waals surface area contributed by atoms with Gasteiger partial charge in [-0.15, -0.1) is 0 Å². The average molecular weight is 269 g/mol. The maximum atomic E-state index is 8.16. The maximum Gasteiger partial charge on any atom is 0.0367 e. The maximum absolute atomic E-state index is 8.16. The molecule has 20 heavy (non-hydrogen) atoms. The number of piperazine rings is 1. The third kappa shape index (κ3) is 4.20. The first-order valence-corrected chi connectivity index (χ1v) is 6.83. The average Bonchev–Trinajstić information content (AvgIpc) is 2.49. The molecule has 0 unspecified atom stereocenters. The Bertz CT molecular complexity index is 526. The molecule has 1 aliphatic heterocycles. The lowest BCUT2D eigenvalue weighted by molar-refractivity contribution is 0.313. The van der Waals surface area contributed by atoms with Crippen LogP contribution in [0.2, 0.25) is 0 Å². The van der Waals surface area contributed by atoms with E-state index in [-0.39, 0.29) is 0 Å². The Morgan fingerprint density at radius 2 is 1.90 bits per heavy atom. The van der Waals surface area contributed by atoms with Gasteiger partial charge in [0, 0.05) is 55.3 Å². The standard InChI is InChI=1S/C15H19N5/c1-19-10-12-20(13-11-19)15-7-5-14(6-8-15)4-2-3-9-17-18-16/h5-8H,3,9-13H2,1H3. The molecule has 2 rings (SSSR count). The fourth-order valence-corrected chi connectivity index (χ4v) is 2.14. The number of hydrogen-bond donors (Lipinski definition) is 0. The van der Waals surface area contributed by atoms with Crippen molar-refractivity contribution >= 4 is 5.69 Å². The fraction of sp³-hybridized carbons (Fsp3) is 0.467. The number of anilines is 1. The van der Waals surface area contributed by atoms with Gasteiger partial charge in [-0.3, -0.25) is 0 Å². The third-order valence-electron chi connectivity index (χ3n) is 3.37. The van der Waals surface area contributed by atoms with Crippen LogP contribution in [-0.4, -0.2) is 44.7 Å². The summed E-state index contributed by atoms with van der Waals surface area (Å²) >= 11 is 0. The number of azide groups is 1. The summed E-state index contributed by atoms with van der Waals surface area (Å²) in [6.45, 7) is 4.81.